The number of hydrogen-bond donors (Lipinski definition) is 2. The highest BCUT2D eigenvalue weighted by molar-refractivity contribution is 6.30. The summed E-state index contributed by atoms with van der Waals surface area (Å²) in [7, 11) is 0. The molecule has 2 N–H and O–H groups in total. The minimum atomic E-state index is -0.199. The molecule has 0 fully saturated rings. The normalized spacial score (nSPS) is 10.8. The van der Waals surface area contributed by atoms with E-state index >= 15 is 0 Å². The first-order chi connectivity index (χ1) is 16.2. The van der Waals surface area contributed by atoms with Gasteiger partial charge in [0.05, 0.1) is 18.3 Å². The lowest BCUT2D eigenvalue weighted by molar-refractivity contribution is 0.367. The SMILES string of the molecule is O=c1c(-c2cn[nH]c2)cnc(Nc2ccc(Oc3ccon3)cc2)n1Cc1ccc(Cl)cc1. The molecule has 3 aromatic heterocycles. The molecule has 0 amide bonds. The van der Waals surface area contributed by atoms with Crippen LogP contribution < -0.4 is 15.6 Å². The molecule has 0 saturated heterocycles. The molecular weight excluding hydrogens is 444 g/mol. The maximum absolute atomic E-state index is 13.4. The van der Waals surface area contributed by atoms with Crippen LogP contribution in [-0.4, -0.2) is 24.9 Å². The Hall–Kier alpha value is -4.37. The molecule has 10 heteroatoms. The summed E-state index contributed by atoms with van der Waals surface area (Å²) in [4.78, 5) is 17.9. The minimum absolute atomic E-state index is 0.199. The summed E-state index contributed by atoms with van der Waals surface area (Å²) >= 11 is 6.01. The van der Waals surface area contributed by atoms with Gasteiger partial charge in [0.15, 0.2) is 0 Å². The number of aromatic amines is 1. The summed E-state index contributed by atoms with van der Waals surface area (Å²) in [5.41, 5.74) is 2.55. The number of nitrogens with one attached hydrogen (secondary N) is 2. The van der Waals surface area contributed by atoms with Gasteiger partial charge in [0.25, 0.3) is 11.4 Å². The van der Waals surface area contributed by atoms with Gasteiger partial charge < -0.3 is 14.6 Å². The van der Waals surface area contributed by atoms with Crippen molar-refractivity contribution in [2.45, 2.75) is 6.54 Å². The van der Waals surface area contributed by atoms with Crippen LogP contribution in [0.1, 0.15) is 5.56 Å². The van der Waals surface area contributed by atoms with Crippen LogP contribution in [0.25, 0.3) is 11.1 Å². The van der Waals surface area contributed by atoms with Crippen molar-refractivity contribution in [3.05, 3.63) is 100 Å². The zero-order valence-corrected chi connectivity index (χ0v) is 17.9. The predicted octanol–water partition coefficient (Wildman–Crippen LogP) is 4.86. The number of H-pyrrole nitrogens is 1. The van der Waals surface area contributed by atoms with Crippen molar-refractivity contribution in [1.29, 1.82) is 0 Å². The van der Waals surface area contributed by atoms with Crippen LogP contribution in [0.15, 0.2) is 88.8 Å². The van der Waals surface area contributed by atoms with Gasteiger partial charge in [0.1, 0.15) is 12.0 Å². The van der Waals surface area contributed by atoms with Crippen molar-refractivity contribution in [2.75, 3.05) is 5.32 Å². The van der Waals surface area contributed by atoms with Gasteiger partial charge in [-0.15, -0.1) is 0 Å². The fraction of sp³-hybridized carbons (Fsp3) is 0.0435. The Morgan fingerprint density at radius 2 is 1.88 bits per heavy atom. The maximum atomic E-state index is 13.4. The molecule has 33 heavy (non-hydrogen) atoms. The fourth-order valence-corrected chi connectivity index (χ4v) is 3.34. The number of nitrogens with zero attached hydrogens (tertiary/aromatic N) is 4. The van der Waals surface area contributed by atoms with E-state index in [-0.39, 0.29) is 5.56 Å². The first-order valence-corrected chi connectivity index (χ1v) is 10.3. The molecular formula is C23H17ClN6O3. The molecule has 9 nitrogen and oxygen atoms in total. The second kappa shape index (κ2) is 9.01. The first kappa shape index (κ1) is 20.5. The van der Waals surface area contributed by atoms with Crippen molar-refractivity contribution in [3.8, 4) is 22.8 Å². The van der Waals surface area contributed by atoms with Crippen LogP contribution in [0.2, 0.25) is 5.02 Å². The van der Waals surface area contributed by atoms with Gasteiger partial charge in [0, 0.05) is 34.7 Å². The molecule has 0 aliphatic carbocycles. The lowest BCUT2D eigenvalue weighted by Crippen LogP contribution is -2.25. The number of hydrogen-bond acceptors (Lipinski definition) is 7. The summed E-state index contributed by atoms with van der Waals surface area (Å²) in [5, 5.41) is 14.2. The Balaban J connectivity index is 1.46. The molecule has 164 valence electrons. The van der Waals surface area contributed by atoms with Gasteiger partial charge in [-0.2, -0.15) is 5.10 Å². The van der Waals surface area contributed by atoms with E-state index in [9.17, 15) is 4.79 Å². The van der Waals surface area contributed by atoms with Gasteiger partial charge in [-0.25, -0.2) is 4.98 Å². The van der Waals surface area contributed by atoms with Gasteiger partial charge in [-0.1, -0.05) is 23.7 Å². The topological polar surface area (TPSA) is 111 Å². The lowest BCUT2D eigenvalue weighted by atomic mass is 10.2. The van der Waals surface area contributed by atoms with Crippen LogP contribution in [0.4, 0.5) is 11.6 Å². The van der Waals surface area contributed by atoms with Crippen LogP contribution in [0.3, 0.4) is 0 Å². The molecule has 0 bridgehead atoms. The van der Waals surface area contributed by atoms with E-state index in [4.69, 9.17) is 20.9 Å². The average molecular weight is 461 g/mol. The zero-order chi connectivity index (χ0) is 22.6. The number of anilines is 2. The smallest absolute Gasteiger partial charge is 0.263 e. The highest BCUT2D eigenvalue weighted by atomic mass is 35.5. The third-order valence-electron chi connectivity index (χ3n) is 4.86. The van der Waals surface area contributed by atoms with E-state index in [2.05, 4.69) is 25.7 Å². The highest BCUT2D eigenvalue weighted by Crippen LogP contribution is 2.24. The van der Waals surface area contributed by atoms with E-state index in [1.165, 1.54) is 12.5 Å². The maximum Gasteiger partial charge on any atom is 0.263 e. The average Bonchev–Trinajstić information content (AvgIpc) is 3.54. The molecule has 3 heterocycles. The number of ether oxygens (including phenoxy) is 1. The Morgan fingerprint density at radius 3 is 2.58 bits per heavy atom. The molecule has 0 aliphatic rings. The second-order valence-corrected chi connectivity index (χ2v) is 7.53. The van der Waals surface area contributed by atoms with E-state index < -0.39 is 0 Å². The van der Waals surface area contributed by atoms with Crippen molar-refractivity contribution in [1.82, 2.24) is 24.9 Å². The third kappa shape index (κ3) is 4.63. The largest absolute Gasteiger partial charge is 0.436 e. The van der Waals surface area contributed by atoms with Crippen molar-refractivity contribution >= 4 is 23.2 Å². The number of halogens is 1. The second-order valence-electron chi connectivity index (χ2n) is 7.09. The monoisotopic (exact) mass is 460 g/mol. The van der Waals surface area contributed by atoms with E-state index in [1.54, 1.807) is 47.3 Å². The molecule has 0 spiro atoms. The van der Waals surface area contributed by atoms with Gasteiger partial charge in [-0.3, -0.25) is 14.5 Å². The quantitative estimate of drug-likeness (QED) is 0.357. The molecule has 2 aromatic carbocycles. The lowest BCUT2D eigenvalue weighted by Gasteiger charge is -2.15. The summed E-state index contributed by atoms with van der Waals surface area (Å²) in [6.45, 7) is 0.310. The molecule has 0 aliphatic heterocycles. The molecule has 0 atom stereocenters. The van der Waals surface area contributed by atoms with Crippen molar-refractivity contribution in [3.63, 3.8) is 0 Å². The number of aromatic nitrogens is 5. The van der Waals surface area contributed by atoms with E-state index in [1.807, 2.05) is 24.3 Å². The highest BCUT2D eigenvalue weighted by Gasteiger charge is 2.14. The summed E-state index contributed by atoms with van der Waals surface area (Å²) in [6.07, 6.45) is 6.22. The molecule has 0 unspecified atom stereocenters. The Bertz CT molecular complexity index is 1400. The zero-order valence-electron chi connectivity index (χ0n) is 17.1. The molecule has 0 radical (unpaired) electrons. The van der Waals surface area contributed by atoms with Crippen LogP contribution in [0, 0.1) is 0 Å². The molecule has 5 aromatic rings. The third-order valence-corrected chi connectivity index (χ3v) is 5.11. The fourth-order valence-electron chi connectivity index (χ4n) is 3.22. The first-order valence-electron chi connectivity index (χ1n) is 9.94. The summed E-state index contributed by atoms with van der Waals surface area (Å²) < 4.78 is 11.9. The van der Waals surface area contributed by atoms with Gasteiger partial charge in [-0.05, 0) is 47.1 Å². The van der Waals surface area contributed by atoms with Gasteiger partial charge in [0.2, 0.25) is 5.95 Å². The van der Waals surface area contributed by atoms with Crippen LogP contribution in [0.5, 0.6) is 11.6 Å². The van der Waals surface area contributed by atoms with Crippen molar-refractivity contribution in [2.24, 2.45) is 0 Å². The van der Waals surface area contributed by atoms with Crippen LogP contribution in [-0.2, 0) is 6.54 Å². The van der Waals surface area contributed by atoms with Crippen molar-refractivity contribution < 1.29 is 9.26 Å². The van der Waals surface area contributed by atoms with E-state index in [0.29, 0.717) is 40.3 Å². The Labute approximate surface area is 192 Å². The predicted molar refractivity (Wildman–Crippen MR) is 123 cm³/mol. The number of benzene rings is 2. The van der Waals surface area contributed by atoms with Crippen LogP contribution >= 0.6 is 11.6 Å². The molecule has 5 rings (SSSR count). The summed E-state index contributed by atoms with van der Waals surface area (Å²) in [6, 6.07) is 16.1. The Morgan fingerprint density at radius 1 is 1.06 bits per heavy atom. The Kier molecular flexibility index (Phi) is 5.61. The van der Waals surface area contributed by atoms with Gasteiger partial charge >= 0.3 is 0 Å². The number of rotatable bonds is 7. The summed E-state index contributed by atoms with van der Waals surface area (Å²) in [5.74, 6) is 1.35. The standard InChI is InChI=1S/C23H17ClN6O3/c24-17-3-1-15(2-4-17)14-30-22(31)20(16-11-26-27-12-16)13-25-23(30)28-18-5-7-19(8-6-18)33-21-9-10-32-29-21/h1-13H,14H2,(H,25,28)(H,26,27). The molecule has 0 saturated carbocycles. The minimum Gasteiger partial charge on any atom is -0.436 e. The van der Waals surface area contributed by atoms with E-state index in [0.717, 1.165) is 11.3 Å².